The molecule has 21 heavy (non-hydrogen) atoms. The zero-order chi connectivity index (χ0) is 15.2. The molecule has 0 aliphatic carbocycles. The first-order valence-electron chi connectivity index (χ1n) is 7.42. The Morgan fingerprint density at radius 2 is 1.71 bits per heavy atom. The summed E-state index contributed by atoms with van der Waals surface area (Å²) in [6.45, 7) is 5.18. The summed E-state index contributed by atoms with van der Waals surface area (Å²) in [5.41, 5.74) is 3.44. The zero-order valence-corrected chi connectivity index (χ0v) is 14.1. The van der Waals surface area contributed by atoms with Gasteiger partial charge in [-0.3, -0.25) is 0 Å². The number of rotatable bonds is 6. The van der Waals surface area contributed by atoms with Crippen LogP contribution in [0.1, 0.15) is 43.0 Å². The van der Waals surface area contributed by atoms with E-state index in [1.54, 1.807) is 12.1 Å². The predicted octanol–water partition coefficient (Wildman–Crippen LogP) is 5.24. The topological polar surface area (TPSA) is 12.0 Å². The fourth-order valence-corrected chi connectivity index (χ4v) is 2.60. The van der Waals surface area contributed by atoms with E-state index < -0.39 is 0 Å². The van der Waals surface area contributed by atoms with Crippen molar-refractivity contribution < 1.29 is 4.39 Å². The molecule has 2 aromatic rings. The Morgan fingerprint density at radius 3 is 2.29 bits per heavy atom. The maximum absolute atomic E-state index is 13.8. The molecule has 0 fully saturated rings. The second-order valence-corrected chi connectivity index (χ2v) is 6.01. The van der Waals surface area contributed by atoms with E-state index >= 15 is 0 Å². The van der Waals surface area contributed by atoms with E-state index in [0.717, 1.165) is 24.9 Å². The van der Waals surface area contributed by atoms with Crippen molar-refractivity contribution in [3.8, 4) is 0 Å². The van der Waals surface area contributed by atoms with Crippen molar-refractivity contribution in [2.45, 2.75) is 32.7 Å². The fraction of sp³-hybridized carbons (Fsp3) is 0.333. The molecule has 0 aliphatic rings. The molecule has 0 aromatic heterocycles. The van der Waals surface area contributed by atoms with Gasteiger partial charge >= 0.3 is 0 Å². The van der Waals surface area contributed by atoms with Crippen LogP contribution in [0.3, 0.4) is 0 Å². The highest BCUT2D eigenvalue weighted by Gasteiger charge is 2.14. The second-order valence-electron chi connectivity index (χ2n) is 5.16. The maximum atomic E-state index is 13.8. The van der Waals surface area contributed by atoms with Crippen LogP contribution in [0, 0.1) is 5.82 Å². The van der Waals surface area contributed by atoms with Crippen LogP contribution in [0.4, 0.5) is 4.39 Å². The molecule has 0 aliphatic heterocycles. The Balaban J connectivity index is 2.33. The van der Waals surface area contributed by atoms with Crippen LogP contribution in [0.15, 0.2) is 46.9 Å². The smallest absolute Gasteiger partial charge is 0.137 e. The second kappa shape index (κ2) is 7.71. The van der Waals surface area contributed by atoms with Crippen LogP contribution >= 0.6 is 15.9 Å². The molecule has 0 radical (unpaired) electrons. The molecule has 0 saturated carbocycles. The van der Waals surface area contributed by atoms with Crippen molar-refractivity contribution in [2.24, 2.45) is 0 Å². The molecule has 0 spiro atoms. The van der Waals surface area contributed by atoms with E-state index in [1.807, 2.05) is 6.07 Å². The van der Waals surface area contributed by atoms with Crippen LogP contribution in [-0.2, 0) is 6.42 Å². The minimum absolute atomic E-state index is 0.0263. The largest absolute Gasteiger partial charge is 0.306 e. The van der Waals surface area contributed by atoms with Gasteiger partial charge in [-0.25, -0.2) is 4.39 Å². The number of aryl methyl sites for hydroxylation is 1. The summed E-state index contributed by atoms with van der Waals surface area (Å²) in [5, 5.41) is 3.50. The number of halogens is 2. The summed E-state index contributed by atoms with van der Waals surface area (Å²) in [5.74, 6) is -0.221. The van der Waals surface area contributed by atoms with Gasteiger partial charge in [-0.05, 0) is 64.1 Å². The van der Waals surface area contributed by atoms with Crippen molar-refractivity contribution in [1.29, 1.82) is 0 Å². The summed E-state index contributed by atoms with van der Waals surface area (Å²) in [6.07, 6.45) is 2.07. The number of nitrogens with one attached hydrogen (secondary N) is 1. The van der Waals surface area contributed by atoms with Gasteiger partial charge in [-0.2, -0.15) is 0 Å². The van der Waals surface area contributed by atoms with Crippen molar-refractivity contribution in [3.63, 3.8) is 0 Å². The first-order chi connectivity index (χ1) is 10.2. The summed E-state index contributed by atoms with van der Waals surface area (Å²) < 4.78 is 14.3. The van der Waals surface area contributed by atoms with Crippen molar-refractivity contribution in [3.05, 3.63) is 69.4 Å². The van der Waals surface area contributed by atoms with Gasteiger partial charge in [-0.15, -0.1) is 0 Å². The standard InChI is InChI=1S/C18H21BrFN/c1-3-11-21-18(14-7-5-13(4-2)6-8-14)15-9-10-16(19)17(20)12-15/h5-10,12,18,21H,3-4,11H2,1-2H3. The summed E-state index contributed by atoms with van der Waals surface area (Å²) >= 11 is 3.21. The van der Waals surface area contributed by atoms with E-state index in [9.17, 15) is 4.39 Å². The Kier molecular flexibility index (Phi) is 5.95. The normalized spacial score (nSPS) is 12.4. The Labute approximate surface area is 134 Å². The van der Waals surface area contributed by atoms with Gasteiger partial charge in [0.1, 0.15) is 5.82 Å². The molecular weight excluding hydrogens is 329 g/mol. The number of hydrogen-bond acceptors (Lipinski definition) is 1. The lowest BCUT2D eigenvalue weighted by atomic mass is 9.97. The number of benzene rings is 2. The molecule has 0 heterocycles. The average Bonchev–Trinajstić information content (AvgIpc) is 2.51. The third kappa shape index (κ3) is 4.14. The van der Waals surface area contributed by atoms with E-state index in [-0.39, 0.29) is 11.9 Å². The fourth-order valence-electron chi connectivity index (χ4n) is 2.35. The van der Waals surface area contributed by atoms with Crippen molar-refractivity contribution in [2.75, 3.05) is 6.54 Å². The van der Waals surface area contributed by atoms with Gasteiger partial charge in [0.05, 0.1) is 10.5 Å². The first-order valence-corrected chi connectivity index (χ1v) is 8.22. The van der Waals surface area contributed by atoms with Gasteiger partial charge in [0.25, 0.3) is 0 Å². The average molecular weight is 350 g/mol. The highest BCUT2D eigenvalue weighted by atomic mass is 79.9. The SMILES string of the molecule is CCCNC(c1ccc(CC)cc1)c1ccc(Br)c(F)c1. The van der Waals surface area contributed by atoms with Gasteiger partial charge in [0.15, 0.2) is 0 Å². The maximum Gasteiger partial charge on any atom is 0.137 e. The molecule has 112 valence electrons. The van der Waals surface area contributed by atoms with E-state index in [2.05, 4.69) is 59.4 Å². The third-order valence-corrected chi connectivity index (χ3v) is 4.24. The molecule has 1 atom stereocenters. The molecule has 1 unspecified atom stereocenters. The van der Waals surface area contributed by atoms with Crippen LogP contribution < -0.4 is 5.32 Å². The quantitative estimate of drug-likeness (QED) is 0.751. The van der Waals surface area contributed by atoms with Gasteiger partial charge < -0.3 is 5.32 Å². The Bertz CT molecular complexity index is 580. The Morgan fingerprint density at radius 1 is 1.05 bits per heavy atom. The lowest BCUT2D eigenvalue weighted by Gasteiger charge is -2.20. The molecule has 2 aromatic carbocycles. The van der Waals surface area contributed by atoms with Crippen LogP contribution in [0.2, 0.25) is 0 Å². The highest BCUT2D eigenvalue weighted by molar-refractivity contribution is 9.10. The Hall–Kier alpha value is -1.19. The van der Waals surface area contributed by atoms with Gasteiger partial charge in [0.2, 0.25) is 0 Å². The van der Waals surface area contributed by atoms with E-state index in [0.29, 0.717) is 4.47 Å². The first kappa shape index (κ1) is 16.2. The lowest BCUT2D eigenvalue weighted by molar-refractivity contribution is 0.583. The summed E-state index contributed by atoms with van der Waals surface area (Å²) in [7, 11) is 0. The molecule has 3 heteroatoms. The van der Waals surface area contributed by atoms with Crippen molar-refractivity contribution in [1.82, 2.24) is 5.32 Å². The highest BCUT2D eigenvalue weighted by Crippen LogP contribution is 2.26. The minimum Gasteiger partial charge on any atom is -0.306 e. The molecule has 1 nitrogen and oxygen atoms in total. The molecule has 0 amide bonds. The molecule has 0 saturated heterocycles. The van der Waals surface area contributed by atoms with E-state index in [4.69, 9.17) is 0 Å². The minimum atomic E-state index is -0.221. The predicted molar refractivity (Wildman–Crippen MR) is 90.1 cm³/mol. The van der Waals surface area contributed by atoms with Crippen LogP contribution in [-0.4, -0.2) is 6.54 Å². The van der Waals surface area contributed by atoms with Crippen LogP contribution in [0.5, 0.6) is 0 Å². The van der Waals surface area contributed by atoms with Crippen molar-refractivity contribution >= 4 is 15.9 Å². The molecule has 2 rings (SSSR count). The van der Waals surface area contributed by atoms with Gasteiger partial charge in [0, 0.05) is 0 Å². The van der Waals surface area contributed by atoms with E-state index in [1.165, 1.54) is 11.1 Å². The molecule has 0 bridgehead atoms. The molecule has 1 N–H and O–H groups in total. The van der Waals surface area contributed by atoms with Crippen LogP contribution in [0.25, 0.3) is 0 Å². The monoisotopic (exact) mass is 349 g/mol. The van der Waals surface area contributed by atoms with Gasteiger partial charge in [-0.1, -0.05) is 44.2 Å². The lowest BCUT2D eigenvalue weighted by Crippen LogP contribution is -2.23. The summed E-state index contributed by atoms with van der Waals surface area (Å²) in [4.78, 5) is 0. The third-order valence-electron chi connectivity index (χ3n) is 3.60. The summed E-state index contributed by atoms with van der Waals surface area (Å²) in [6, 6.07) is 13.9. The number of hydrogen-bond donors (Lipinski definition) is 1. The molecular formula is C18H21BrFN. The zero-order valence-electron chi connectivity index (χ0n) is 12.5.